The summed E-state index contributed by atoms with van der Waals surface area (Å²) in [5, 5.41) is 15.7. The van der Waals surface area contributed by atoms with E-state index in [2.05, 4.69) is 10.6 Å². The highest BCUT2D eigenvalue weighted by atomic mass is 16.6. The standard InChI is InChI=1S/C25H24N4O6/c1-28(19-12-14-21(35-2)15-13-19)25(32)22(16-17-6-4-3-5-7-17)27-24(31)23(30)26-18-8-10-20(11-9-18)29(33)34/h3-15,22H,16H2,1-2H3,(H,26,30)(H,27,31)/t22-/m0/s1. The Labute approximate surface area is 201 Å². The Hall–Kier alpha value is -4.73. The zero-order valence-electron chi connectivity index (χ0n) is 19.1. The molecule has 2 N–H and O–H groups in total. The highest BCUT2D eigenvalue weighted by molar-refractivity contribution is 6.40. The summed E-state index contributed by atoms with van der Waals surface area (Å²) >= 11 is 0. The van der Waals surface area contributed by atoms with Gasteiger partial charge in [-0.2, -0.15) is 0 Å². The van der Waals surface area contributed by atoms with Crippen LogP contribution in [-0.4, -0.2) is 42.8 Å². The summed E-state index contributed by atoms with van der Waals surface area (Å²) in [5.74, 6) is -1.81. The minimum absolute atomic E-state index is 0.150. The molecule has 0 aromatic heterocycles. The molecule has 3 rings (SSSR count). The highest BCUT2D eigenvalue weighted by Crippen LogP contribution is 2.20. The van der Waals surface area contributed by atoms with Crippen molar-refractivity contribution in [3.8, 4) is 5.75 Å². The maximum absolute atomic E-state index is 13.3. The predicted octanol–water partition coefficient (Wildman–Crippen LogP) is 2.93. The summed E-state index contributed by atoms with van der Waals surface area (Å²) < 4.78 is 5.14. The first-order chi connectivity index (χ1) is 16.8. The average molecular weight is 476 g/mol. The first-order valence-electron chi connectivity index (χ1n) is 10.6. The zero-order valence-corrected chi connectivity index (χ0v) is 19.1. The predicted molar refractivity (Wildman–Crippen MR) is 130 cm³/mol. The third kappa shape index (κ3) is 6.64. The van der Waals surface area contributed by atoms with Crippen LogP contribution in [0.2, 0.25) is 0 Å². The van der Waals surface area contributed by atoms with Gasteiger partial charge in [0.15, 0.2) is 0 Å². The molecule has 3 aromatic rings. The van der Waals surface area contributed by atoms with Crippen molar-refractivity contribution in [2.75, 3.05) is 24.4 Å². The molecule has 0 saturated heterocycles. The molecule has 0 unspecified atom stereocenters. The minimum atomic E-state index is -1.03. The number of benzene rings is 3. The van der Waals surface area contributed by atoms with Gasteiger partial charge in [0.05, 0.1) is 12.0 Å². The first-order valence-corrected chi connectivity index (χ1v) is 10.6. The van der Waals surface area contributed by atoms with E-state index in [0.29, 0.717) is 11.4 Å². The molecule has 0 aliphatic heterocycles. The van der Waals surface area contributed by atoms with Crippen LogP contribution in [0.5, 0.6) is 5.75 Å². The molecular formula is C25H24N4O6. The number of nitro groups is 1. The first kappa shape index (κ1) is 24.9. The fraction of sp³-hybridized carbons (Fsp3) is 0.160. The van der Waals surface area contributed by atoms with Crippen molar-refractivity contribution in [2.24, 2.45) is 0 Å². The molecule has 0 bridgehead atoms. The van der Waals surface area contributed by atoms with E-state index in [1.165, 1.54) is 36.3 Å². The van der Waals surface area contributed by atoms with Gasteiger partial charge in [0.25, 0.3) is 5.69 Å². The number of rotatable bonds is 8. The van der Waals surface area contributed by atoms with E-state index in [1.807, 2.05) is 30.3 Å². The van der Waals surface area contributed by atoms with E-state index in [0.717, 1.165) is 5.56 Å². The molecule has 35 heavy (non-hydrogen) atoms. The van der Waals surface area contributed by atoms with Crippen LogP contribution in [0.3, 0.4) is 0 Å². The average Bonchev–Trinajstić information content (AvgIpc) is 2.88. The van der Waals surface area contributed by atoms with E-state index in [1.54, 1.807) is 31.3 Å². The Morgan fingerprint density at radius 3 is 2.14 bits per heavy atom. The lowest BCUT2D eigenvalue weighted by Gasteiger charge is -2.25. The Balaban J connectivity index is 1.75. The molecule has 0 fully saturated rings. The molecule has 0 spiro atoms. The van der Waals surface area contributed by atoms with Crippen LogP contribution in [0, 0.1) is 10.1 Å². The van der Waals surface area contributed by atoms with Gasteiger partial charge < -0.3 is 20.3 Å². The molecule has 0 radical (unpaired) electrons. The second kappa shape index (κ2) is 11.4. The van der Waals surface area contributed by atoms with E-state index >= 15 is 0 Å². The summed E-state index contributed by atoms with van der Waals surface area (Å²) in [6, 6.07) is 19.9. The summed E-state index contributed by atoms with van der Waals surface area (Å²) in [7, 11) is 3.11. The van der Waals surface area contributed by atoms with Crippen LogP contribution in [-0.2, 0) is 20.8 Å². The number of anilines is 2. The Morgan fingerprint density at radius 1 is 0.943 bits per heavy atom. The minimum Gasteiger partial charge on any atom is -0.497 e. The molecule has 3 amide bonds. The van der Waals surface area contributed by atoms with Gasteiger partial charge in [-0.1, -0.05) is 30.3 Å². The molecule has 0 aliphatic rings. The van der Waals surface area contributed by atoms with Gasteiger partial charge in [0.1, 0.15) is 11.8 Å². The van der Waals surface area contributed by atoms with Crippen molar-refractivity contribution in [3.63, 3.8) is 0 Å². The van der Waals surface area contributed by atoms with Gasteiger partial charge in [-0.25, -0.2) is 0 Å². The normalized spacial score (nSPS) is 11.1. The monoisotopic (exact) mass is 476 g/mol. The van der Waals surface area contributed by atoms with Gasteiger partial charge in [-0.05, 0) is 42.0 Å². The Morgan fingerprint density at radius 2 is 1.57 bits per heavy atom. The second-order valence-electron chi connectivity index (χ2n) is 7.57. The maximum atomic E-state index is 13.3. The van der Waals surface area contributed by atoms with E-state index in [9.17, 15) is 24.5 Å². The van der Waals surface area contributed by atoms with Gasteiger partial charge in [0.2, 0.25) is 5.91 Å². The SMILES string of the molecule is COc1ccc(N(C)C(=O)[C@H](Cc2ccccc2)NC(=O)C(=O)Nc2ccc([N+](=O)[O-])cc2)cc1. The third-order valence-corrected chi connectivity index (χ3v) is 5.22. The number of carbonyl (C=O) groups excluding carboxylic acids is 3. The lowest BCUT2D eigenvalue weighted by atomic mass is 10.0. The molecule has 180 valence electrons. The van der Waals surface area contributed by atoms with Gasteiger partial charge in [-0.15, -0.1) is 0 Å². The second-order valence-corrected chi connectivity index (χ2v) is 7.57. The molecule has 1 atom stereocenters. The van der Waals surface area contributed by atoms with Crippen molar-refractivity contribution in [2.45, 2.75) is 12.5 Å². The van der Waals surface area contributed by atoms with E-state index in [-0.39, 0.29) is 17.8 Å². The number of hydrogen-bond acceptors (Lipinski definition) is 6. The lowest BCUT2D eigenvalue weighted by molar-refractivity contribution is -0.384. The number of ether oxygens (including phenoxy) is 1. The Kier molecular flexibility index (Phi) is 8.12. The van der Waals surface area contributed by atoms with Crippen molar-refractivity contribution in [1.29, 1.82) is 0 Å². The summed E-state index contributed by atoms with van der Waals surface area (Å²) in [6.07, 6.45) is 0.163. The lowest BCUT2D eigenvalue weighted by Crippen LogP contribution is -2.51. The summed E-state index contributed by atoms with van der Waals surface area (Å²) in [6.45, 7) is 0. The molecule has 10 nitrogen and oxygen atoms in total. The van der Waals surface area contributed by atoms with Crippen LogP contribution in [0.15, 0.2) is 78.9 Å². The molecule has 3 aromatic carbocycles. The summed E-state index contributed by atoms with van der Waals surface area (Å²) in [5.41, 5.74) is 1.43. The van der Waals surface area contributed by atoms with Crippen molar-refractivity contribution in [1.82, 2.24) is 5.32 Å². The van der Waals surface area contributed by atoms with Crippen molar-refractivity contribution < 1.29 is 24.0 Å². The third-order valence-electron chi connectivity index (χ3n) is 5.22. The van der Waals surface area contributed by atoms with E-state index in [4.69, 9.17) is 4.74 Å². The fourth-order valence-corrected chi connectivity index (χ4v) is 3.29. The number of carbonyl (C=O) groups is 3. The topological polar surface area (TPSA) is 131 Å². The van der Waals surface area contributed by atoms with Crippen LogP contribution in [0.25, 0.3) is 0 Å². The van der Waals surface area contributed by atoms with Gasteiger partial charge in [0, 0.05) is 37.0 Å². The fourth-order valence-electron chi connectivity index (χ4n) is 3.29. The van der Waals surface area contributed by atoms with Gasteiger partial charge in [-0.3, -0.25) is 24.5 Å². The number of hydrogen-bond donors (Lipinski definition) is 2. The van der Waals surface area contributed by atoms with Crippen LogP contribution in [0.1, 0.15) is 5.56 Å². The molecule has 0 aliphatic carbocycles. The van der Waals surface area contributed by atoms with Crippen LogP contribution >= 0.6 is 0 Å². The zero-order chi connectivity index (χ0) is 25.4. The molecule has 10 heteroatoms. The molecular weight excluding hydrogens is 452 g/mol. The van der Waals surface area contributed by atoms with E-state index < -0.39 is 28.7 Å². The number of nitrogens with one attached hydrogen (secondary N) is 2. The smallest absolute Gasteiger partial charge is 0.313 e. The molecule has 0 saturated carbocycles. The number of nitro benzene ring substituents is 1. The quantitative estimate of drug-likeness (QED) is 0.292. The largest absolute Gasteiger partial charge is 0.497 e. The highest BCUT2D eigenvalue weighted by Gasteiger charge is 2.28. The number of nitrogens with zero attached hydrogens (tertiary/aromatic N) is 2. The number of methoxy groups -OCH3 is 1. The summed E-state index contributed by atoms with van der Waals surface area (Å²) in [4.78, 5) is 50.0. The van der Waals surface area contributed by atoms with Crippen LogP contribution in [0.4, 0.5) is 17.1 Å². The maximum Gasteiger partial charge on any atom is 0.313 e. The number of amides is 3. The molecule has 0 heterocycles. The number of likely N-dealkylation sites (N-methyl/N-ethyl adjacent to an activating group) is 1. The Bertz CT molecular complexity index is 1200. The number of non-ortho nitro benzene ring substituents is 1. The van der Waals surface area contributed by atoms with Crippen molar-refractivity contribution >= 4 is 34.8 Å². The van der Waals surface area contributed by atoms with Gasteiger partial charge >= 0.3 is 11.8 Å². The van der Waals surface area contributed by atoms with Crippen molar-refractivity contribution in [3.05, 3.63) is 94.5 Å². The van der Waals surface area contributed by atoms with Crippen LogP contribution < -0.4 is 20.3 Å².